The molecule has 1 aliphatic carbocycles. The van der Waals surface area contributed by atoms with Gasteiger partial charge < -0.3 is 0 Å². The van der Waals surface area contributed by atoms with E-state index in [1.165, 1.54) is 21.6 Å². The molecule has 1 aliphatic heterocycles. The van der Waals surface area contributed by atoms with E-state index in [1.54, 1.807) is 12.3 Å². The maximum Gasteiger partial charge on any atom is 0.350 e. The average molecular weight is 477 g/mol. The molecule has 0 aromatic carbocycles. The molecule has 1 amide bonds. The van der Waals surface area contributed by atoms with Gasteiger partial charge in [-0.1, -0.05) is 0 Å². The second-order valence-electron chi connectivity index (χ2n) is 8.04. The summed E-state index contributed by atoms with van der Waals surface area (Å²) in [6.07, 6.45) is 6.07. The maximum atomic E-state index is 12.9. The molecule has 3 aromatic heterocycles. The summed E-state index contributed by atoms with van der Waals surface area (Å²) in [7, 11) is -4.74. The van der Waals surface area contributed by atoms with Gasteiger partial charge in [0.15, 0.2) is 11.5 Å². The van der Waals surface area contributed by atoms with E-state index in [0.29, 0.717) is 21.3 Å². The monoisotopic (exact) mass is 477 g/mol. The Labute approximate surface area is 185 Å². The van der Waals surface area contributed by atoms with Crippen LogP contribution in [0.1, 0.15) is 19.3 Å². The lowest BCUT2D eigenvalue weighted by Crippen LogP contribution is -2.64. The smallest absolute Gasteiger partial charge is 0.293 e. The van der Waals surface area contributed by atoms with Gasteiger partial charge in [0.25, 0.3) is 10.0 Å². The van der Waals surface area contributed by atoms with Gasteiger partial charge in [-0.05, 0) is 12.8 Å². The number of aromatic nitrogens is 6. The third kappa shape index (κ3) is 3.60. The third-order valence-corrected chi connectivity index (χ3v) is 7.13. The summed E-state index contributed by atoms with van der Waals surface area (Å²) in [6, 6.07) is 3.59. The van der Waals surface area contributed by atoms with E-state index in [9.17, 15) is 27.3 Å². The van der Waals surface area contributed by atoms with Crippen molar-refractivity contribution >= 4 is 27.5 Å². The quantitative estimate of drug-likeness (QED) is 0.525. The van der Waals surface area contributed by atoms with Gasteiger partial charge in [0.1, 0.15) is 5.54 Å². The molecule has 33 heavy (non-hydrogen) atoms. The van der Waals surface area contributed by atoms with Crippen molar-refractivity contribution in [3.8, 4) is 17.5 Å². The number of nitriles is 1. The Hall–Kier alpha value is -3.51. The van der Waals surface area contributed by atoms with E-state index in [-0.39, 0.29) is 37.3 Å². The Morgan fingerprint density at radius 3 is 2.79 bits per heavy atom. The SMILES string of the molecule is N#CCC1(n2cc(-c3nccc4nc(NC(=O)C5CC5)nn34)cn2)CN(S(=O)(=O)C(F)F)C1. The number of carbonyl (C=O) groups excluding carboxylic acids is 1. The molecule has 1 N–H and O–H groups in total. The van der Waals surface area contributed by atoms with Crippen LogP contribution in [0.25, 0.3) is 17.0 Å². The number of carbonyl (C=O) groups is 1. The molecular formula is C18H17F2N9O3S. The number of halogens is 2. The number of anilines is 1. The van der Waals surface area contributed by atoms with Crippen LogP contribution < -0.4 is 5.32 Å². The fourth-order valence-corrected chi connectivity index (χ4v) is 4.78. The summed E-state index contributed by atoms with van der Waals surface area (Å²) in [5.74, 6) is -3.20. The summed E-state index contributed by atoms with van der Waals surface area (Å²) in [5.41, 5.74) is -0.157. The number of hydrogen-bond donors (Lipinski definition) is 1. The second kappa shape index (κ2) is 7.52. The van der Waals surface area contributed by atoms with Gasteiger partial charge in [-0.2, -0.15) is 32.9 Å². The number of amides is 1. The molecule has 0 unspecified atom stereocenters. The second-order valence-corrected chi connectivity index (χ2v) is 9.95. The van der Waals surface area contributed by atoms with Crippen LogP contribution in [0.15, 0.2) is 24.7 Å². The van der Waals surface area contributed by atoms with Crippen LogP contribution in [0.4, 0.5) is 14.7 Å². The molecule has 2 aliphatic rings. The van der Waals surface area contributed by atoms with Crippen LogP contribution in [0, 0.1) is 17.2 Å². The molecule has 12 nitrogen and oxygen atoms in total. The van der Waals surface area contributed by atoms with Gasteiger partial charge in [-0.25, -0.2) is 13.4 Å². The van der Waals surface area contributed by atoms with E-state index in [1.807, 2.05) is 6.07 Å². The zero-order chi connectivity index (χ0) is 23.4. The number of sulfonamides is 1. The summed E-state index contributed by atoms with van der Waals surface area (Å²) in [6.45, 7) is -0.598. The number of nitrogens with zero attached hydrogens (tertiary/aromatic N) is 8. The van der Waals surface area contributed by atoms with E-state index >= 15 is 0 Å². The highest BCUT2D eigenvalue weighted by Crippen LogP contribution is 2.36. The van der Waals surface area contributed by atoms with Gasteiger partial charge in [0.2, 0.25) is 11.9 Å². The van der Waals surface area contributed by atoms with Crippen LogP contribution in [0.2, 0.25) is 0 Å². The minimum absolute atomic E-state index is 0.0142. The van der Waals surface area contributed by atoms with Crippen molar-refractivity contribution in [3.05, 3.63) is 24.7 Å². The number of rotatable bonds is 7. The largest absolute Gasteiger partial charge is 0.350 e. The Bertz CT molecular complexity index is 1380. The highest BCUT2D eigenvalue weighted by atomic mass is 32.2. The first kappa shape index (κ1) is 21.3. The predicted molar refractivity (Wildman–Crippen MR) is 108 cm³/mol. The molecule has 0 atom stereocenters. The predicted octanol–water partition coefficient (Wildman–Crippen LogP) is 0.813. The third-order valence-electron chi connectivity index (χ3n) is 5.70. The molecule has 0 bridgehead atoms. The molecule has 2 fully saturated rings. The van der Waals surface area contributed by atoms with Crippen molar-refractivity contribution < 1.29 is 22.0 Å². The van der Waals surface area contributed by atoms with E-state index in [4.69, 9.17) is 0 Å². The minimum Gasteiger partial charge on any atom is -0.293 e. The first-order valence-corrected chi connectivity index (χ1v) is 11.5. The molecule has 1 saturated carbocycles. The first-order valence-electron chi connectivity index (χ1n) is 9.96. The Balaban J connectivity index is 1.44. The van der Waals surface area contributed by atoms with Crippen molar-refractivity contribution in [2.24, 2.45) is 5.92 Å². The number of alkyl halides is 2. The summed E-state index contributed by atoms with van der Waals surface area (Å²) >= 11 is 0. The van der Waals surface area contributed by atoms with Crippen LogP contribution in [0.5, 0.6) is 0 Å². The van der Waals surface area contributed by atoms with Gasteiger partial charge in [-0.3, -0.25) is 14.8 Å². The highest BCUT2D eigenvalue weighted by Gasteiger charge is 2.52. The summed E-state index contributed by atoms with van der Waals surface area (Å²) in [4.78, 5) is 20.6. The molecule has 15 heteroatoms. The number of nitrogens with one attached hydrogen (secondary N) is 1. The maximum absolute atomic E-state index is 12.9. The van der Waals surface area contributed by atoms with Gasteiger partial charge in [0.05, 0.1) is 24.3 Å². The fourth-order valence-electron chi connectivity index (χ4n) is 3.71. The van der Waals surface area contributed by atoms with E-state index < -0.39 is 21.3 Å². The van der Waals surface area contributed by atoms with Crippen molar-refractivity contribution in [3.63, 3.8) is 0 Å². The first-order chi connectivity index (χ1) is 15.7. The summed E-state index contributed by atoms with van der Waals surface area (Å²) < 4.78 is 52.7. The van der Waals surface area contributed by atoms with Crippen molar-refractivity contribution in [1.82, 2.24) is 33.7 Å². The van der Waals surface area contributed by atoms with Crippen LogP contribution in [-0.2, 0) is 20.4 Å². The molecule has 5 rings (SSSR count). The standard InChI is InChI=1S/C18H17F2N9O3S/c19-16(20)33(31,32)27-9-18(10-27,4-5-21)28-8-12(7-23-28)14-22-6-3-13-24-17(26-29(13)14)25-15(30)11-1-2-11/h3,6-8,11,16H,1-2,4,9-10H2,(H,25,26,30). The molecule has 4 heterocycles. The van der Waals surface area contributed by atoms with Crippen molar-refractivity contribution in [1.29, 1.82) is 5.26 Å². The molecule has 0 radical (unpaired) electrons. The van der Waals surface area contributed by atoms with Crippen LogP contribution >= 0.6 is 0 Å². The Morgan fingerprint density at radius 2 is 2.12 bits per heavy atom. The van der Waals surface area contributed by atoms with Crippen LogP contribution in [-0.4, -0.2) is 66.8 Å². The van der Waals surface area contributed by atoms with Crippen LogP contribution in [0.3, 0.4) is 0 Å². The van der Waals surface area contributed by atoms with Gasteiger partial charge >= 0.3 is 5.76 Å². The lowest BCUT2D eigenvalue weighted by atomic mass is 9.89. The lowest BCUT2D eigenvalue weighted by Gasteiger charge is -2.47. The van der Waals surface area contributed by atoms with E-state index in [2.05, 4.69) is 25.5 Å². The van der Waals surface area contributed by atoms with Crippen molar-refractivity contribution in [2.45, 2.75) is 30.6 Å². The van der Waals surface area contributed by atoms with E-state index in [0.717, 1.165) is 12.8 Å². The van der Waals surface area contributed by atoms with Gasteiger partial charge in [0, 0.05) is 37.5 Å². The molecule has 1 saturated heterocycles. The topological polar surface area (TPSA) is 151 Å². The lowest BCUT2D eigenvalue weighted by molar-refractivity contribution is -0.117. The summed E-state index contributed by atoms with van der Waals surface area (Å²) in [5, 5.41) is 20.4. The zero-order valence-electron chi connectivity index (χ0n) is 17.0. The van der Waals surface area contributed by atoms with Gasteiger partial charge in [-0.15, -0.1) is 5.10 Å². The molecular weight excluding hydrogens is 460 g/mol. The Morgan fingerprint density at radius 1 is 1.36 bits per heavy atom. The zero-order valence-corrected chi connectivity index (χ0v) is 17.8. The Kier molecular flexibility index (Phi) is 4.87. The number of fused-ring (bicyclic) bond motifs is 1. The highest BCUT2D eigenvalue weighted by molar-refractivity contribution is 7.89. The fraction of sp³-hybridized carbons (Fsp3) is 0.444. The van der Waals surface area contributed by atoms with Crippen molar-refractivity contribution in [2.75, 3.05) is 18.4 Å². The number of hydrogen-bond acceptors (Lipinski definition) is 8. The normalized spacial score (nSPS) is 18.2. The molecule has 0 spiro atoms. The average Bonchev–Trinajstić information content (AvgIpc) is 3.34. The molecule has 3 aromatic rings. The minimum atomic E-state index is -4.74. The molecule has 172 valence electrons.